The van der Waals surface area contributed by atoms with Gasteiger partial charge in [-0.15, -0.1) is 0 Å². The van der Waals surface area contributed by atoms with Crippen molar-refractivity contribution in [2.75, 3.05) is 0 Å². The molecule has 4 heteroatoms. The predicted molar refractivity (Wildman–Crippen MR) is 105 cm³/mol. The fourth-order valence-electron chi connectivity index (χ4n) is 3.05. The Morgan fingerprint density at radius 1 is 0.760 bits per heavy atom. The van der Waals surface area contributed by atoms with Crippen LogP contribution in [0.4, 0.5) is 4.79 Å². The largest absolute Gasteiger partial charge is 0.495 e. The first-order chi connectivity index (χ1) is 11.6. The number of rotatable bonds is 3. The molecule has 134 valence electrons. The van der Waals surface area contributed by atoms with E-state index in [0.717, 1.165) is 10.4 Å². The van der Waals surface area contributed by atoms with Gasteiger partial charge in [-0.2, -0.15) is 0 Å². The van der Waals surface area contributed by atoms with Crippen molar-refractivity contribution in [3.05, 3.63) is 60.7 Å². The quantitative estimate of drug-likeness (QED) is 0.600. The van der Waals surface area contributed by atoms with Crippen LogP contribution in [0.25, 0.3) is 0 Å². The average Bonchev–Trinajstić information content (AvgIpc) is 2.51. The highest BCUT2D eigenvalue weighted by atomic mass is 28.4. The molecule has 0 saturated heterocycles. The summed E-state index contributed by atoms with van der Waals surface area (Å²) in [6.45, 7) is 11.9. The smallest absolute Gasteiger partial charge is 0.479 e. The van der Waals surface area contributed by atoms with E-state index >= 15 is 0 Å². The van der Waals surface area contributed by atoms with Gasteiger partial charge in [-0.1, -0.05) is 81.4 Å². The van der Waals surface area contributed by atoms with Crippen LogP contribution in [0, 0.1) is 0 Å². The van der Waals surface area contributed by atoms with E-state index in [1.807, 2.05) is 57.2 Å². The fourth-order valence-corrected chi connectivity index (χ4v) is 7.27. The average molecular weight is 357 g/mol. The van der Waals surface area contributed by atoms with E-state index in [2.05, 4.69) is 45.0 Å². The molecule has 0 amide bonds. The van der Waals surface area contributed by atoms with Crippen LogP contribution in [0.2, 0.25) is 5.04 Å². The van der Waals surface area contributed by atoms with Crippen LogP contribution in [0.1, 0.15) is 41.5 Å². The first-order valence-corrected chi connectivity index (χ1v) is 10.5. The molecule has 0 aliphatic rings. The second-order valence-corrected chi connectivity index (χ2v) is 12.5. The standard InChI is InChI=1S/C21H28O3Si/c1-20(2,3)23-19(22)24-25(21(4,5)6,17-13-9-7-10-14-17)18-15-11-8-12-16-18/h7-16H,1-6H3. The summed E-state index contributed by atoms with van der Waals surface area (Å²) in [5, 5.41) is 1.85. The van der Waals surface area contributed by atoms with E-state index < -0.39 is 20.1 Å². The van der Waals surface area contributed by atoms with Crippen LogP contribution in [0.5, 0.6) is 0 Å². The first kappa shape index (κ1) is 19.3. The number of carbonyl (C=O) groups excluding carboxylic acids is 1. The molecule has 0 saturated carbocycles. The lowest BCUT2D eigenvalue weighted by Gasteiger charge is -2.42. The fraction of sp³-hybridized carbons (Fsp3) is 0.381. The third-order valence-electron chi connectivity index (χ3n) is 4.04. The second kappa shape index (κ2) is 7.04. The van der Waals surface area contributed by atoms with Gasteiger partial charge >= 0.3 is 14.5 Å². The Bertz CT molecular complexity index is 658. The molecule has 0 aromatic heterocycles. The number of carbonyl (C=O) groups is 1. The van der Waals surface area contributed by atoms with Gasteiger partial charge < -0.3 is 9.16 Å². The van der Waals surface area contributed by atoms with Crippen molar-refractivity contribution >= 4 is 24.8 Å². The lowest BCUT2D eigenvalue weighted by atomic mass is 10.2. The molecule has 0 bridgehead atoms. The number of ether oxygens (including phenoxy) is 1. The van der Waals surface area contributed by atoms with Gasteiger partial charge in [0.1, 0.15) is 5.60 Å². The molecule has 2 aromatic rings. The zero-order valence-corrected chi connectivity index (χ0v) is 17.0. The molecule has 0 aliphatic heterocycles. The summed E-state index contributed by atoms with van der Waals surface area (Å²) < 4.78 is 11.7. The van der Waals surface area contributed by atoms with Gasteiger partial charge in [-0.3, -0.25) is 0 Å². The third kappa shape index (κ3) is 4.31. The van der Waals surface area contributed by atoms with Gasteiger partial charge in [-0.05, 0) is 31.1 Å². The van der Waals surface area contributed by atoms with Crippen LogP contribution < -0.4 is 10.4 Å². The van der Waals surface area contributed by atoms with Crippen molar-refractivity contribution in [2.24, 2.45) is 0 Å². The van der Waals surface area contributed by atoms with Crippen molar-refractivity contribution in [1.29, 1.82) is 0 Å². The molecule has 0 aliphatic carbocycles. The summed E-state index contributed by atoms with van der Waals surface area (Å²) in [7, 11) is -2.89. The Balaban J connectivity index is 2.63. The minimum atomic E-state index is -2.89. The van der Waals surface area contributed by atoms with Gasteiger partial charge in [0.15, 0.2) is 0 Å². The molecular formula is C21H28O3Si. The molecule has 2 rings (SSSR count). The van der Waals surface area contributed by atoms with Crippen molar-refractivity contribution in [1.82, 2.24) is 0 Å². The molecule has 0 N–H and O–H groups in total. The minimum absolute atomic E-state index is 0.257. The number of benzene rings is 2. The van der Waals surface area contributed by atoms with E-state index in [0.29, 0.717) is 0 Å². The number of hydrogen-bond donors (Lipinski definition) is 0. The first-order valence-electron chi connectivity index (χ1n) is 8.59. The summed E-state index contributed by atoms with van der Waals surface area (Å²) in [5.41, 5.74) is -0.595. The van der Waals surface area contributed by atoms with Crippen LogP contribution >= 0.6 is 0 Å². The van der Waals surface area contributed by atoms with E-state index in [1.54, 1.807) is 0 Å². The summed E-state index contributed by atoms with van der Waals surface area (Å²) in [6, 6.07) is 20.1. The topological polar surface area (TPSA) is 35.5 Å². The molecule has 0 fully saturated rings. The third-order valence-corrected chi connectivity index (χ3v) is 8.92. The van der Waals surface area contributed by atoms with Gasteiger partial charge in [0.25, 0.3) is 0 Å². The summed E-state index contributed by atoms with van der Waals surface area (Å²) in [6.07, 6.45) is -0.609. The molecule has 3 nitrogen and oxygen atoms in total. The van der Waals surface area contributed by atoms with E-state index in [4.69, 9.17) is 9.16 Å². The highest BCUT2D eigenvalue weighted by Crippen LogP contribution is 2.37. The highest BCUT2D eigenvalue weighted by molar-refractivity contribution is 7.00. The molecule has 0 heterocycles. The SMILES string of the molecule is CC(C)(C)OC(=O)O[Si](c1ccccc1)(c1ccccc1)C(C)(C)C. The van der Waals surface area contributed by atoms with E-state index in [-0.39, 0.29) is 5.04 Å². The zero-order chi connectivity index (χ0) is 18.7. The minimum Gasteiger partial charge on any atom is -0.479 e. The maximum atomic E-state index is 12.7. The lowest BCUT2D eigenvalue weighted by Crippen LogP contribution is -2.67. The van der Waals surface area contributed by atoms with Crippen LogP contribution in [-0.2, 0) is 9.16 Å². The molecule has 0 unspecified atom stereocenters. The van der Waals surface area contributed by atoms with Crippen molar-refractivity contribution in [3.8, 4) is 0 Å². The molecule has 0 atom stereocenters. The van der Waals surface area contributed by atoms with Crippen molar-refractivity contribution in [2.45, 2.75) is 52.2 Å². The van der Waals surface area contributed by atoms with Crippen LogP contribution in [0.3, 0.4) is 0 Å². The van der Waals surface area contributed by atoms with Crippen LogP contribution in [-0.4, -0.2) is 20.1 Å². The monoisotopic (exact) mass is 356 g/mol. The Labute approximate surface area is 152 Å². The Morgan fingerprint density at radius 3 is 1.48 bits per heavy atom. The predicted octanol–water partition coefficient (Wildman–Crippen LogP) is 4.50. The lowest BCUT2D eigenvalue weighted by molar-refractivity contribution is 0.0185. The molecule has 0 spiro atoms. The van der Waals surface area contributed by atoms with Gasteiger partial charge in [0, 0.05) is 5.04 Å². The molecule has 2 aromatic carbocycles. The summed E-state index contributed by atoms with van der Waals surface area (Å²) in [5.74, 6) is 0. The van der Waals surface area contributed by atoms with Crippen molar-refractivity contribution in [3.63, 3.8) is 0 Å². The second-order valence-electron chi connectivity index (χ2n) is 8.23. The Kier molecular flexibility index (Phi) is 5.42. The molecular weight excluding hydrogens is 328 g/mol. The van der Waals surface area contributed by atoms with Gasteiger partial charge in [0.05, 0.1) is 0 Å². The highest BCUT2D eigenvalue weighted by Gasteiger charge is 2.53. The van der Waals surface area contributed by atoms with E-state index in [9.17, 15) is 4.79 Å². The molecule has 25 heavy (non-hydrogen) atoms. The normalized spacial score (nSPS) is 12.6. The van der Waals surface area contributed by atoms with Gasteiger partial charge in [-0.25, -0.2) is 4.79 Å². The van der Waals surface area contributed by atoms with E-state index in [1.165, 1.54) is 0 Å². The maximum Gasteiger partial charge on any atom is 0.495 e. The van der Waals surface area contributed by atoms with Gasteiger partial charge in [0.2, 0.25) is 0 Å². The Morgan fingerprint density at radius 2 is 1.16 bits per heavy atom. The summed E-state index contributed by atoms with van der Waals surface area (Å²) in [4.78, 5) is 12.7. The van der Waals surface area contributed by atoms with Crippen LogP contribution in [0.15, 0.2) is 60.7 Å². The Hall–Kier alpha value is -2.07. The zero-order valence-electron chi connectivity index (χ0n) is 16.0. The van der Waals surface area contributed by atoms with Crippen molar-refractivity contribution < 1.29 is 14.0 Å². The number of hydrogen-bond acceptors (Lipinski definition) is 3. The molecule has 0 radical (unpaired) electrons. The maximum absolute atomic E-state index is 12.7. The summed E-state index contributed by atoms with van der Waals surface area (Å²) >= 11 is 0.